The molecule has 0 bridgehead atoms. The Hall–Kier alpha value is -3.62. The molecule has 0 N–H and O–H groups in total. The minimum Gasteiger partial charge on any atom is -0.370 e. The molecule has 0 amide bonds. The van der Waals surface area contributed by atoms with E-state index in [0.29, 0.717) is 17.2 Å². The van der Waals surface area contributed by atoms with Crippen LogP contribution in [-0.2, 0) is 11.2 Å². The highest BCUT2D eigenvalue weighted by Crippen LogP contribution is 2.34. The van der Waals surface area contributed by atoms with E-state index >= 15 is 0 Å². The van der Waals surface area contributed by atoms with Crippen LogP contribution in [0.25, 0.3) is 10.8 Å². The van der Waals surface area contributed by atoms with Gasteiger partial charge >= 0.3 is 0 Å². The highest BCUT2D eigenvalue weighted by Gasteiger charge is 2.22. The lowest BCUT2D eigenvalue weighted by atomic mass is 9.89. The molecule has 1 aliphatic heterocycles. The summed E-state index contributed by atoms with van der Waals surface area (Å²) in [5.74, 6) is 1.43. The van der Waals surface area contributed by atoms with Crippen molar-refractivity contribution in [2.45, 2.75) is 33.1 Å². The van der Waals surface area contributed by atoms with E-state index in [9.17, 15) is 4.79 Å². The number of carbonyl (C=O) groups is 1. The number of amidine groups is 1. The Kier molecular flexibility index (Phi) is 8.07. The minimum atomic E-state index is 0.641. The van der Waals surface area contributed by atoms with E-state index in [4.69, 9.17) is 16.9 Å². The molecule has 0 atom stereocenters. The highest BCUT2D eigenvalue weighted by molar-refractivity contribution is 6.33. The van der Waals surface area contributed by atoms with Gasteiger partial charge in [0.2, 0.25) is 0 Å². The van der Waals surface area contributed by atoms with Gasteiger partial charge in [0, 0.05) is 31.5 Å². The molecule has 0 radical (unpaired) electrons. The minimum absolute atomic E-state index is 0.641. The Bertz CT molecular complexity index is 1360. The standard InChI is InChI=1S/C30H31ClN4O/c1-21(12-15-36)33-22(2)34(3)28-8-9-30(29(31)19-28)35-13-10-23(11-14-35)16-24-4-6-27-18-25(20-32)5-7-26(27)17-24/h4-9,12,15,17-19,23H,10-11,13-14,16H2,1-3H3/b21-12-,33-22-. The van der Waals surface area contributed by atoms with Crippen molar-refractivity contribution in [3.05, 3.63) is 82.5 Å². The third-order valence-electron chi connectivity index (χ3n) is 6.96. The number of hydrogen-bond acceptors (Lipinski definition) is 4. The van der Waals surface area contributed by atoms with Crippen LogP contribution in [0.15, 0.2) is 71.4 Å². The largest absolute Gasteiger partial charge is 0.370 e. The van der Waals surface area contributed by atoms with Gasteiger partial charge in [-0.15, -0.1) is 0 Å². The summed E-state index contributed by atoms with van der Waals surface area (Å²) in [6.45, 7) is 5.67. The number of anilines is 2. The Balaban J connectivity index is 1.38. The van der Waals surface area contributed by atoms with Gasteiger partial charge in [0.25, 0.3) is 0 Å². The maximum absolute atomic E-state index is 10.7. The van der Waals surface area contributed by atoms with Crippen LogP contribution in [0, 0.1) is 17.2 Å². The van der Waals surface area contributed by atoms with Crippen molar-refractivity contribution in [3.63, 3.8) is 0 Å². The molecule has 0 aromatic heterocycles. The maximum atomic E-state index is 10.7. The highest BCUT2D eigenvalue weighted by atomic mass is 35.5. The van der Waals surface area contributed by atoms with E-state index in [0.717, 1.165) is 66.3 Å². The average molecular weight is 499 g/mol. The SMILES string of the molecule is CC(=C/C=O)/N=C(/C)N(C)c1ccc(N2CCC(Cc3ccc4cc(C#N)ccc4c3)CC2)c(Cl)c1. The first-order valence-corrected chi connectivity index (χ1v) is 12.6. The molecule has 0 aliphatic carbocycles. The number of rotatable bonds is 6. The molecule has 5 nitrogen and oxygen atoms in total. The van der Waals surface area contributed by atoms with Gasteiger partial charge in [-0.2, -0.15) is 5.26 Å². The molecule has 3 aromatic carbocycles. The number of fused-ring (bicyclic) bond motifs is 1. The van der Waals surface area contributed by atoms with Crippen molar-refractivity contribution in [1.82, 2.24) is 0 Å². The van der Waals surface area contributed by atoms with Gasteiger partial charge in [0.15, 0.2) is 0 Å². The molecule has 3 aromatic rings. The van der Waals surface area contributed by atoms with Crippen LogP contribution in [0.1, 0.15) is 37.8 Å². The summed E-state index contributed by atoms with van der Waals surface area (Å²) >= 11 is 6.72. The van der Waals surface area contributed by atoms with E-state index in [1.165, 1.54) is 17.0 Å². The van der Waals surface area contributed by atoms with Crippen LogP contribution in [-0.4, -0.2) is 32.3 Å². The normalized spacial score (nSPS) is 15.1. The summed E-state index contributed by atoms with van der Waals surface area (Å²) in [5.41, 5.74) is 4.74. The van der Waals surface area contributed by atoms with Gasteiger partial charge in [-0.3, -0.25) is 4.79 Å². The maximum Gasteiger partial charge on any atom is 0.144 e. The van der Waals surface area contributed by atoms with Crippen LogP contribution in [0.5, 0.6) is 0 Å². The van der Waals surface area contributed by atoms with E-state index in [1.807, 2.05) is 43.1 Å². The number of benzene rings is 3. The molecule has 0 spiro atoms. The fraction of sp³-hybridized carbons (Fsp3) is 0.300. The number of aliphatic imine (C=N–C) groups is 1. The van der Waals surface area contributed by atoms with E-state index in [1.54, 1.807) is 6.92 Å². The lowest BCUT2D eigenvalue weighted by molar-refractivity contribution is -0.104. The van der Waals surface area contributed by atoms with Gasteiger partial charge in [0.05, 0.1) is 22.3 Å². The zero-order chi connectivity index (χ0) is 25.7. The quantitative estimate of drug-likeness (QED) is 0.163. The average Bonchev–Trinajstić information content (AvgIpc) is 2.88. The van der Waals surface area contributed by atoms with Crippen molar-refractivity contribution in [2.75, 3.05) is 29.9 Å². The van der Waals surface area contributed by atoms with Gasteiger partial charge in [-0.25, -0.2) is 4.99 Å². The molecule has 1 heterocycles. The number of hydrogen-bond donors (Lipinski definition) is 0. The lowest BCUT2D eigenvalue weighted by Gasteiger charge is -2.34. The lowest BCUT2D eigenvalue weighted by Crippen LogP contribution is -2.34. The van der Waals surface area contributed by atoms with Gasteiger partial charge in [-0.1, -0.05) is 35.9 Å². The topological polar surface area (TPSA) is 59.7 Å². The second-order valence-corrected chi connectivity index (χ2v) is 9.85. The monoisotopic (exact) mass is 498 g/mol. The van der Waals surface area contributed by atoms with Crippen molar-refractivity contribution in [1.29, 1.82) is 5.26 Å². The van der Waals surface area contributed by atoms with E-state index < -0.39 is 0 Å². The number of aldehydes is 1. The molecule has 6 heteroatoms. The zero-order valence-electron chi connectivity index (χ0n) is 21.0. The number of nitrogens with zero attached hydrogens (tertiary/aromatic N) is 4. The predicted octanol–water partition coefficient (Wildman–Crippen LogP) is 6.78. The Labute approximate surface area is 218 Å². The molecule has 36 heavy (non-hydrogen) atoms. The van der Waals surface area contributed by atoms with Gasteiger partial charge in [-0.05, 0) is 91.8 Å². The summed E-state index contributed by atoms with van der Waals surface area (Å²) in [4.78, 5) is 19.5. The number of piperidine rings is 1. The Morgan fingerprint density at radius 2 is 1.83 bits per heavy atom. The molecule has 4 rings (SSSR count). The summed E-state index contributed by atoms with van der Waals surface area (Å²) in [7, 11) is 1.94. The summed E-state index contributed by atoms with van der Waals surface area (Å²) in [5, 5.41) is 12.2. The van der Waals surface area contributed by atoms with Crippen LogP contribution in [0.3, 0.4) is 0 Å². The van der Waals surface area contributed by atoms with Gasteiger partial charge in [0.1, 0.15) is 12.1 Å². The van der Waals surface area contributed by atoms with Crippen molar-refractivity contribution in [3.8, 4) is 6.07 Å². The number of allylic oxidation sites excluding steroid dienone is 2. The summed E-state index contributed by atoms with van der Waals surface area (Å²) in [6.07, 6.45) is 5.50. The van der Waals surface area contributed by atoms with Crippen molar-refractivity contribution < 1.29 is 4.79 Å². The molecule has 1 saturated heterocycles. The van der Waals surface area contributed by atoms with Crippen molar-refractivity contribution in [2.24, 2.45) is 10.9 Å². The molecular weight excluding hydrogens is 468 g/mol. The van der Waals surface area contributed by atoms with Crippen molar-refractivity contribution >= 4 is 45.9 Å². The molecule has 184 valence electrons. The zero-order valence-corrected chi connectivity index (χ0v) is 21.8. The molecular formula is C30H31ClN4O. The Morgan fingerprint density at radius 1 is 1.11 bits per heavy atom. The fourth-order valence-corrected chi connectivity index (χ4v) is 5.11. The van der Waals surface area contributed by atoms with Crippen LogP contribution in [0.4, 0.5) is 11.4 Å². The second kappa shape index (κ2) is 11.4. The first-order chi connectivity index (χ1) is 17.4. The first-order valence-electron chi connectivity index (χ1n) is 12.3. The number of nitriles is 1. The van der Waals surface area contributed by atoms with Crippen LogP contribution in [0.2, 0.25) is 5.02 Å². The van der Waals surface area contributed by atoms with Crippen LogP contribution >= 0.6 is 11.6 Å². The summed E-state index contributed by atoms with van der Waals surface area (Å²) in [6, 6.07) is 20.8. The van der Waals surface area contributed by atoms with E-state index in [2.05, 4.69) is 46.3 Å². The van der Waals surface area contributed by atoms with Crippen LogP contribution < -0.4 is 9.80 Å². The number of halogens is 1. The second-order valence-electron chi connectivity index (χ2n) is 9.44. The van der Waals surface area contributed by atoms with E-state index in [-0.39, 0.29) is 0 Å². The third kappa shape index (κ3) is 5.95. The molecule has 1 fully saturated rings. The first kappa shape index (κ1) is 25.5. The molecule has 0 saturated carbocycles. The Morgan fingerprint density at radius 3 is 2.53 bits per heavy atom. The fourth-order valence-electron chi connectivity index (χ4n) is 4.82. The van der Waals surface area contributed by atoms with Gasteiger partial charge < -0.3 is 9.80 Å². The number of carbonyl (C=O) groups excluding carboxylic acids is 1. The summed E-state index contributed by atoms with van der Waals surface area (Å²) < 4.78 is 0. The predicted molar refractivity (Wildman–Crippen MR) is 150 cm³/mol. The smallest absolute Gasteiger partial charge is 0.144 e. The molecule has 1 aliphatic rings. The molecule has 0 unspecified atom stereocenters. The third-order valence-corrected chi connectivity index (χ3v) is 7.27.